The van der Waals surface area contributed by atoms with Crippen LogP contribution in [0, 0.1) is 23.2 Å². The molecule has 0 aromatic carbocycles. The molecule has 0 aromatic rings. The highest BCUT2D eigenvalue weighted by molar-refractivity contribution is 5.17. The molecular formula is C6H5N. The second-order valence-electron chi connectivity index (χ2n) is 0.906. The van der Waals surface area contributed by atoms with E-state index in [9.17, 15) is 0 Å². The lowest BCUT2D eigenvalue weighted by Gasteiger charge is -1.62. The van der Waals surface area contributed by atoms with Crippen LogP contribution in [0.5, 0.6) is 0 Å². The summed E-state index contributed by atoms with van der Waals surface area (Å²) < 4.78 is 0. The molecule has 1 heteroatoms. The lowest BCUT2D eigenvalue weighted by Crippen LogP contribution is -1.52. The number of nitriles is 1. The third-order valence-corrected chi connectivity index (χ3v) is 0.391. The summed E-state index contributed by atoms with van der Waals surface area (Å²) in [6, 6.07) is 1.69. The van der Waals surface area contributed by atoms with Crippen LogP contribution >= 0.6 is 0 Å². The SMILES string of the molecule is C=CCC#CC#N. The maximum absolute atomic E-state index is 7.83. The van der Waals surface area contributed by atoms with Crippen molar-refractivity contribution in [2.45, 2.75) is 6.42 Å². The standard InChI is InChI=1S/C6H5N/c1-2-3-4-5-6-7/h2H,1,3H2. The third-order valence-electron chi connectivity index (χ3n) is 0.391. The average molecular weight is 91.1 g/mol. The van der Waals surface area contributed by atoms with Crippen molar-refractivity contribution in [2.24, 2.45) is 0 Å². The highest BCUT2D eigenvalue weighted by Crippen LogP contribution is 1.70. The molecule has 0 fully saturated rings. The van der Waals surface area contributed by atoms with Gasteiger partial charge in [0, 0.05) is 12.3 Å². The van der Waals surface area contributed by atoms with E-state index in [0.717, 1.165) is 0 Å². The summed E-state index contributed by atoms with van der Waals surface area (Å²) >= 11 is 0. The van der Waals surface area contributed by atoms with Gasteiger partial charge in [0.2, 0.25) is 0 Å². The molecule has 0 radical (unpaired) electrons. The van der Waals surface area contributed by atoms with Crippen molar-refractivity contribution in [1.29, 1.82) is 5.26 Å². The summed E-state index contributed by atoms with van der Waals surface area (Å²) in [5, 5.41) is 7.83. The van der Waals surface area contributed by atoms with Gasteiger partial charge in [0.15, 0.2) is 6.07 Å². The molecule has 0 aliphatic rings. The van der Waals surface area contributed by atoms with E-state index in [4.69, 9.17) is 5.26 Å². The largest absolute Gasteiger partial charge is 0.183 e. The number of hydrogen-bond acceptors (Lipinski definition) is 1. The Morgan fingerprint density at radius 1 is 1.71 bits per heavy atom. The van der Waals surface area contributed by atoms with Gasteiger partial charge in [0.1, 0.15) is 0 Å². The fraction of sp³-hybridized carbons (Fsp3) is 0.167. The van der Waals surface area contributed by atoms with Gasteiger partial charge in [0.25, 0.3) is 0 Å². The van der Waals surface area contributed by atoms with Crippen LogP contribution in [0.15, 0.2) is 12.7 Å². The average Bonchev–Trinajstić information content (AvgIpc) is 1.69. The Bertz CT molecular complexity index is 140. The van der Waals surface area contributed by atoms with Crippen LogP contribution in [0.4, 0.5) is 0 Å². The molecule has 0 aliphatic carbocycles. The van der Waals surface area contributed by atoms with E-state index in [0.29, 0.717) is 6.42 Å². The molecule has 0 saturated carbocycles. The van der Waals surface area contributed by atoms with Gasteiger partial charge in [-0.15, -0.1) is 6.58 Å². The van der Waals surface area contributed by atoms with Gasteiger partial charge in [-0.3, -0.25) is 0 Å². The molecule has 7 heavy (non-hydrogen) atoms. The van der Waals surface area contributed by atoms with Crippen molar-refractivity contribution in [3.05, 3.63) is 12.7 Å². The van der Waals surface area contributed by atoms with Gasteiger partial charge >= 0.3 is 0 Å². The topological polar surface area (TPSA) is 23.8 Å². The molecule has 0 amide bonds. The predicted molar refractivity (Wildman–Crippen MR) is 28.2 cm³/mol. The Labute approximate surface area is 43.3 Å². The second-order valence-corrected chi connectivity index (χ2v) is 0.906. The minimum atomic E-state index is 0.605. The summed E-state index contributed by atoms with van der Waals surface area (Å²) in [7, 11) is 0. The number of hydrogen-bond donors (Lipinski definition) is 0. The molecule has 0 rings (SSSR count). The van der Waals surface area contributed by atoms with Crippen LogP contribution in [0.2, 0.25) is 0 Å². The molecule has 0 heterocycles. The van der Waals surface area contributed by atoms with Crippen LogP contribution < -0.4 is 0 Å². The summed E-state index contributed by atoms with van der Waals surface area (Å²) in [6.45, 7) is 3.42. The summed E-state index contributed by atoms with van der Waals surface area (Å²) in [5.41, 5.74) is 0. The zero-order chi connectivity index (χ0) is 5.54. The quantitative estimate of drug-likeness (QED) is 0.350. The first-order valence-electron chi connectivity index (χ1n) is 1.89. The molecule has 0 N–H and O–H groups in total. The molecule has 34 valence electrons. The molecular weight excluding hydrogens is 86.1 g/mol. The van der Waals surface area contributed by atoms with Crippen LogP contribution in [-0.4, -0.2) is 0 Å². The van der Waals surface area contributed by atoms with Crippen LogP contribution in [0.1, 0.15) is 6.42 Å². The van der Waals surface area contributed by atoms with E-state index >= 15 is 0 Å². The van der Waals surface area contributed by atoms with Crippen molar-refractivity contribution >= 4 is 0 Å². The molecule has 1 nitrogen and oxygen atoms in total. The zero-order valence-corrected chi connectivity index (χ0v) is 3.94. The van der Waals surface area contributed by atoms with E-state index in [1.54, 1.807) is 12.1 Å². The number of rotatable bonds is 1. The lowest BCUT2D eigenvalue weighted by molar-refractivity contribution is 1.48. The Morgan fingerprint density at radius 2 is 2.43 bits per heavy atom. The molecule has 0 atom stereocenters. The summed E-state index contributed by atoms with van der Waals surface area (Å²) in [6.07, 6.45) is 2.26. The summed E-state index contributed by atoms with van der Waals surface area (Å²) in [5.74, 6) is 4.79. The first-order valence-corrected chi connectivity index (χ1v) is 1.89. The van der Waals surface area contributed by atoms with E-state index in [2.05, 4.69) is 18.4 Å². The van der Waals surface area contributed by atoms with Crippen molar-refractivity contribution in [3.63, 3.8) is 0 Å². The van der Waals surface area contributed by atoms with Gasteiger partial charge in [-0.1, -0.05) is 12.0 Å². The van der Waals surface area contributed by atoms with Crippen molar-refractivity contribution in [2.75, 3.05) is 0 Å². The van der Waals surface area contributed by atoms with Crippen LogP contribution in [-0.2, 0) is 0 Å². The van der Waals surface area contributed by atoms with Gasteiger partial charge < -0.3 is 0 Å². The lowest BCUT2D eigenvalue weighted by atomic mass is 10.4. The molecule has 0 spiro atoms. The fourth-order valence-electron chi connectivity index (χ4n) is 0.163. The normalized spacial score (nSPS) is 5.00. The van der Waals surface area contributed by atoms with E-state index in [-0.39, 0.29) is 0 Å². The first kappa shape index (κ1) is 5.79. The molecule has 0 bridgehead atoms. The Balaban J connectivity index is 3.30. The summed E-state index contributed by atoms with van der Waals surface area (Å²) in [4.78, 5) is 0. The third kappa shape index (κ3) is 4.79. The first-order chi connectivity index (χ1) is 3.41. The monoisotopic (exact) mass is 91.0 g/mol. The predicted octanol–water partition coefficient (Wildman–Crippen LogP) is 1.09. The van der Waals surface area contributed by atoms with Crippen molar-refractivity contribution < 1.29 is 0 Å². The number of nitrogens with zero attached hydrogens (tertiary/aromatic N) is 1. The fourth-order valence-corrected chi connectivity index (χ4v) is 0.163. The molecule has 0 unspecified atom stereocenters. The van der Waals surface area contributed by atoms with Crippen molar-refractivity contribution in [3.8, 4) is 17.9 Å². The highest BCUT2D eigenvalue weighted by Gasteiger charge is 1.58. The Hall–Kier alpha value is -1.21. The second kappa shape index (κ2) is 4.79. The minimum absolute atomic E-state index is 0.605. The molecule has 0 aliphatic heterocycles. The highest BCUT2D eigenvalue weighted by atomic mass is 14.2. The minimum Gasteiger partial charge on any atom is -0.183 e. The van der Waals surface area contributed by atoms with Crippen LogP contribution in [0.25, 0.3) is 0 Å². The van der Waals surface area contributed by atoms with E-state index in [1.165, 1.54) is 0 Å². The van der Waals surface area contributed by atoms with Gasteiger partial charge in [-0.2, -0.15) is 5.26 Å². The van der Waals surface area contributed by atoms with Gasteiger partial charge in [-0.05, 0) is 0 Å². The molecule has 0 saturated heterocycles. The van der Waals surface area contributed by atoms with Crippen LogP contribution in [0.3, 0.4) is 0 Å². The maximum atomic E-state index is 7.83. The number of allylic oxidation sites excluding steroid dienone is 1. The zero-order valence-electron chi connectivity index (χ0n) is 3.94. The Kier molecular flexibility index (Phi) is 3.96. The van der Waals surface area contributed by atoms with Gasteiger partial charge in [-0.25, -0.2) is 0 Å². The molecule has 0 aromatic heterocycles. The smallest absolute Gasteiger partial charge is 0.152 e. The maximum Gasteiger partial charge on any atom is 0.152 e. The van der Waals surface area contributed by atoms with E-state index < -0.39 is 0 Å². The Morgan fingerprint density at radius 3 is 2.86 bits per heavy atom. The van der Waals surface area contributed by atoms with Crippen molar-refractivity contribution in [1.82, 2.24) is 0 Å². The van der Waals surface area contributed by atoms with E-state index in [1.807, 2.05) is 0 Å². The van der Waals surface area contributed by atoms with Gasteiger partial charge in [0.05, 0.1) is 0 Å².